The van der Waals surface area contributed by atoms with Gasteiger partial charge in [-0.25, -0.2) is 0 Å². The molecule has 3 N–H and O–H groups in total. The molecule has 0 bridgehead atoms. The highest BCUT2D eigenvalue weighted by Gasteiger charge is 2.24. The third kappa shape index (κ3) is 5.65. The molecule has 1 amide bonds. The van der Waals surface area contributed by atoms with Crippen molar-refractivity contribution in [3.05, 3.63) is 35.4 Å². The SMILES string of the molecule is CN=C(NCc1cccc(C(N)=O)c1)N1CCC(COC)C1.I. The summed E-state index contributed by atoms with van der Waals surface area (Å²) in [4.78, 5) is 17.8. The summed E-state index contributed by atoms with van der Waals surface area (Å²) < 4.78 is 5.22. The lowest BCUT2D eigenvalue weighted by Crippen LogP contribution is -2.39. The van der Waals surface area contributed by atoms with Crippen molar-refractivity contribution in [2.45, 2.75) is 13.0 Å². The maximum atomic E-state index is 11.2. The fourth-order valence-electron chi connectivity index (χ4n) is 2.74. The van der Waals surface area contributed by atoms with Gasteiger partial charge in [0.15, 0.2) is 5.96 Å². The highest BCUT2D eigenvalue weighted by atomic mass is 127. The molecular formula is C16H25IN4O2. The van der Waals surface area contributed by atoms with E-state index in [0.717, 1.165) is 37.6 Å². The number of methoxy groups -OCH3 is 1. The van der Waals surface area contributed by atoms with E-state index in [4.69, 9.17) is 10.5 Å². The van der Waals surface area contributed by atoms with Crippen molar-refractivity contribution in [2.24, 2.45) is 16.6 Å². The number of halogens is 1. The van der Waals surface area contributed by atoms with Crippen LogP contribution in [0.15, 0.2) is 29.3 Å². The predicted octanol–water partition coefficient (Wildman–Crippen LogP) is 1.45. The number of carbonyl (C=O) groups is 1. The van der Waals surface area contributed by atoms with E-state index in [1.165, 1.54) is 0 Å². The molecule has 0 radical (unpaired) electrons. The molecule has 0 aliphatic carbocycles. The van der Waals surface area contributed by atoms with Gasteiger partial charge >= 0.3 is 0 Å². The summed E-state index contributed by atoms with van der Waals surface area (Å²) in [6.45, 7) is 3.33. The van der Waals surface area contributed by atoms with Gasteiger partial charge in [0.05, 0.1) is 6.61 Å². The zero-order valence-electron chi connectivity index (χ0n) is 13.6. The van der Waals surface area contributed by atoms with Crippen molar-refractivity contribution in [1.82, 2.24) is 10.2 Å². The third-order valence-corrected chi connectivity index (χ3v) is 3.86. The molecule has 7 heteroatoms. The van der Waals surface area contributed by atoms with Crippen LogP contribution in [0.3, 0.4) is 0 Å². The molecule has 0 spiro atoms. The van der Waals surface area contributed by atoms with Crippen LogP contribution in [0.25, 0.3) is 0 Å². The number of primary amides is 1. The van der Waals surface area contributed by atoms with Gasteiger partial charge in [-0.3, -0.25) is 9.79 Å². The normalized spacial score (nSPS) is 17.7. The molecule has 1 aromatic rings. The Morgan fingerprint density at radius 2 is 2.30 bits per heavy atom. The molecule has 2 rings (SSSR count). The Bertz CT molecular complexity index is 551. The lowest BCUT2D eigenvalue weighted by molar-refractivity contribution is 0.1000. The van der Waals surface area contributed by atoms with Crippen molar-refractivity contribution >= 4 is 35.8 Å². The lowest BCUT2D eigenvalue weighted by Gasteiger charge is -2.21. The van der Waals surface area contributed by atoms with Gasteiger partial charge in [0.1, 0.15) is 0 Å². The number of nitrogens with zero attached hydrogens (tertiary/aromatic N) is 2. The van der Waals surface area contributed by atoms with Crippen LogP contribution in [0.1, 0.15) is 22.3 Å². The van der Waals surface area contributed by atoms with Gasteiger partial charge in [-0.05, 0) is 24.1 Å². The second-order valence-corrected chi connectivity index (χ2v) is 5.52. The summed E-state index contributed by atoms with van der Waals surface area (Å²) in [5, 5.41) is 3.34. The van der Waals surface area contributed by atoms with Crippen LogP contribution in [-0.2, 0) is 11.3 Å². The summed E-state index contributed by atoms with van der Waals surface area (Å²) in [7, 11) is 3.52. The summed E-state index contributed by atoms with van der Waals surface area (Å²) >= 11 is 0. The van der Waals surface area contributed by atoms with E-state index in [2.05, 4.69) is 15.2 Å². The van der Waals surface area contributed by atoms with E-state index in [1.54, 1.807) is 26.3 Å². The number of nitrogens with two attached hydrogens (primary N) is 1. The number of nitrogens with one attached hydrogen (secondary N) is 1. The summed E-state index contributed by atoms with van der Waals surface area (Å²) in [5.41, 5.74) is 6.83. The molecular weight excluding hydrogens is 407 g/mol. The number of ether oxygens (including phenoxy) is 1. The van der Waals surface area contributed by atoms with Gasteiger partial charge in [0.25, 0.3) is 0 Å². The number of hydrogen-bond acceptors (Lipinski definition) is 3. The largest absolute Gasteiger partial charge is 0.384 e. The van der Waals surface area contributed by atoms with Crippen LogP contribution in [0.2, 0.25) is 0 Å². The fourth-order valence-corrected chi connectivity index (χ4v) is 2.74. The average Bonchev–Trinajstić information content (AvgIpc) is 2.97. The van der Waals surface area contributed by atoms with E-state index >= 15 is 0 Å². The highest BCUT2D eigenvalue weighted by Crippen LogP contribution is 2.16. The number of carbonyl (C=O) groups excluding carboxylic acids is 1. The molecule has 1 unspecified atom stereocenters. The molecule has 1 fully saturated rings. The van der Waals surface area contributed by atoms with Crippen LogP contribution in [-0.4, -0.2) is 50.6 Å². The minimum absolute atomic E-state index is 0. The van der Waals surface area contributed by atoms with Gasteiger partial charge in [-0.2, -0.15) is 0 Å². The Kier molecular flexibility index (Phi) is 8.32. The van der Waals surface area contributed by atoms with Crippen LogP contribution < -0.4 is 11.1 Å². The number of likely N-dealkylation sites (tertiary alicyclic amines) is 1. The van der Waals surface area contributed by atoms with Crippen molar-refractivity contribution in [3.8, 4) is 0 Å². The van der Waals surface area contributed by atoms with Crippen molar-refractivity contribution in [2.75, 3.05) is 33.9 Å². The zero-order chi connectivity index (χ0) is 15.9. The Hall–Kier alpha value is -1.35. The summed E-state index contributed by atoms with van der Waals surface area (Å²) in [6, 6.07) is 7.32. The Balaban J connectivity index is 0.00000264. The first-order valence-electron chi connectivity index (χ1n) is 7.47. The number of hydrogen-bond donors (Lipinski definition) is 2. The number of benzene rings is 1. The molecule has 0 aromatic heterocycles. The second-order valence-electron chi connectivity index (χ2n) is 5.52. The van der Waals surface area contributed by atoms with Gasteiger partial charge < -0.3 is 20.7 Å². The maximum Gasteiger partial charge on any atom is 0.248 e. The van der Waals surface area contributed by atoms with Crippen molar-refractivity contribution in [3.63, 3.8) is 0 Å². The monoisotopic (exact) mass is 432 g/mol. The maximum absolute atomic E-state index is 11.2. The molecule has 6 nitrogen and oxygen atoms in total. The van der Waals surface area contributed by atoms with E-state index in [0.29, 0.717) is 18.0 Å². The zero-order valence-corrected chi connectivity index (χ0v) is 15.9. The summed E-state index contributed by atoms with van der Waals surface area (Å²) in [5.74, 6) is 1.03. The quantitative estimate of drug-likeness (QED) is 0.420. The lowest BCUT2D eigenvalue weighted by atomic mass is 10.1. The van der Waals surface area contributed by atoms with Crippen LogP contribution >= 0.6 is 24.0 Å². The number of amides is 1. The van der Waals surface area contributed by atoms with Crippen molar-refractivity contribution < 1.29 is 9.53 Å². The first-order chi connectivity index (χ1) is 10.6. The number of rotatable bonds is 5. The Morgan fingerprint density at radius 1 is 1.52 bits per heavy atom. The first-order valence-corrected chi connectivity index (χ1v) is 7.47. The second kappa shape index (κ2) is 9.71. The topological polar surface area (TPSA) is 79.9 Å². The van der Waals surface area contributed by atoms with Crippen LogP contribution in [0, 0.1) is 5.92 Å². The predicted molar refractivity (Wildman–Crippen MR) is 102 cm³/mol. The standard InChI is InChI=1S/C16H24N4O2.HI/c1-18-16(20-7-6-13(10-20)11-22-2)19-9-12-4-3-5-14(8-12)15(17)21;/h3-5,8,13H,6-7,9-11H2,1-2H3,(H2,17,21)(H,18,19);1H. The van der Waals surface area contributed by atoms with E-state index in [9.17, 15) is 4.79 Å². The average molecular weight is 432 g/mol. The van der Waals surface area contributed by atoms with Crippen molar-refractivity contribution in [1.29, 1.82) is 0 Å². The highest BCUT2D eigenvalue weighted by molar-refractivity contribution is 14.0. The third-order valence-electron chi connectivity index (χ3n) is 3.86. The van der Waals surface area contributed by atoms with Crippen LogP contribution in [0.4, 0.5) is 0 Å². The molecule has 1 heterocycles. The number of guanidine groups is 1. The van der Waals surface area contributed by atoms with Gasteiger partial charge in [0.2, 0.25) is 5.91 Å². The minimum Gasteiger partial charge on any atom is -0.384 e. The molecule has 1 atom stereocenters. The Labute approximate surface area is 154 Å². The fraction of sp³-hybridized carbons (Fsp3) is 0.500. The molecule has 128 valence electrons. The van der Waals surface area contributed by atoms with Gasteiger partial charge in [-0.15, -0.1) is 24.0 Å². The molecule has 1 aliphatic rings. The Morgan fingerprint density at radius 3 is 2.96 bits per heavy atom. The van der Waals surface area contributed by atoms with Crippen LogP contribution in [0.5, 0.6) is 0 Å². The summed E-state index contributed by atoms with van der Waals surface area (Å²) in [6.07, 6.45) is 1.12. The van der Waals surface area contributed by atoms with E-state index in [1.807, 2.05) is 12.1 Å². The number of aliphatic imine (C=N–C) groups is 1. The molecule has 1 aromatic carbocycles. The van der Waals surface area contributed by atoms with E-state index < -0.39 is 5.91 Å². The van der Waals surface area contributed by atoms with E-state index in [-0.39, 0.29) is 24.0 Å². The minimum atomic E-state index is -0.409. The smallest absolute Gasteiger partial charge is 0.248 e. The van der Waals surface area contributed by atoms with Gasteiger partial charge in [-0.1, -0.05) is 12.1 Å². The van der Waals surface area contributed by atoms with Gasteiger partial charge in [0, 0.05) is 45.3 Å². The molecule has 23 heavy (non-hydrogen) atoms. The molecule has 1 saturated heterocycles. The first kappa shape index (κ1) is 19.7. The molecule has 1 aliphatic heterocycles. The molecule has 0 saturated carbocycles.